The van der Waals surface area contributed by atoms with Crippen LogP contribution >= 0.6 is 11.8 Å². The van der Waals surface area contributed by atoms with Crippen LogP contribution in [-0.2, 0) is 9.53 Å². The van der Waals surface area contributed by atoms with Gasteiger partial charge in [-0.2, -0.15) is 5.26 Å². The number of hydrogen-bond donors (Lipinski definition) is 1. The van der Waals surface area contributed by atoms with E-state index in [1.165, 1.54) is 6.07 Å². The van der Waals surface area contributed by atoms with Gasteiger partial charge in [-0.1, -0.05) is 11.8 Å². The Kier molecular flexibility index (Phi) is 6.86. The summed E-state index contributed by atoms with van der Waals surface area (Å²) in [5.41, 5.74) is 2.88. The number of Topliss-reactive ketones (excluding diaryl/α,β-unsaturated/α-hetero) is 1. The number of aromatic nitrogens is 2. The van der Waals surface area contributed by atoms with Crippen LogP contribution in [0.1, 0.15) is 52.8 Å². The van der Waals surface area contributed by atoms with Crippen LogP contribution in [0.25, 0.3) is 0 Å². The van der Waals surface area contributed by atoms with Crippen LogP contribution in [0.2, 0.25) is 0 Å². The van der Waals surface area contributed by atoms with Crippen molar-refractivity contribution in [2.75, 3.05) is 12.4 Å². The van der Waals surface area contributed by atoms with E-state index >= 15 is 0 Å². The van der Waals surface area contributed by atoms with Gasteiger partial charge >= 0.3 is 5.97 Å². The fourth-order valence-electron chi connectivity index (χ4n) is 3.16. The molecule has 0 unspecified atom stereocenters. The van der Waals surface area contributed by atoms with Crippen molar-refractivity contribution in [1.29, 1.82) is 5.26 Å². The number of nitriles is 1. The predicted octanol–water partition coefficient (Wildman–Crippen LogP) is 3.07. The van der Waals surface area contributed by atoms with Crippen molar-refractivity contribution < 1.29 is 14.3 Å². The first-order chi connectivity index (χ1) is 13.1. The molecular formula is C20H23N3O4S. The highest BCUT2D eigenvalue weighted by Gasteiger charge is 2.19. The van der Waals surface area contributed by atoms with E-state index in [0.29, 0.717) is 21.7 Å². The molecule has 0 aliphatic carbocycles. The summed E-state index contributed by atoms with van der Waals surface area (Å²) in [6.07, 6.45) is 0. The normalized spacial score (nSPS) is 10.8. The average molecular weight is 401 g/mol. The summed E-state index contributed by atoms with van der Waals surface area (Å²) in [4.78, 5) is 38.6. The lowest BCUT2D eigenvalue weighted by atomic mass is 10.1. The first-order valence-electron chi connectivity index (χ1n) is 8.79. The quantitative estimate of drug-likeness (QED) is 0.434. The third-order valence-electron chi connectivity index (χ3n) is 4.32. The van der Waals surface area contributed by atoms with Crippen LogP contribution in [0.4, 0.5) is 0 Å². The highest BCUT2D eigenvalue weighted by Crippen LogP contribution is 2.22. The number of aryl methyl sites for hydroxylation is 2. The van der Waals surface area contributed by atoms with Gasteiger partial charge in [0.25, 0.3) is 0 Å². The number of ketones is 1. The SMILES string of the molecule is Cc1cc(=O)[nH]c(SCC(=O)OCC(=O)c2cc(C)n(C(C)C)c2C)c1C#N. The Morgan fingerprint density at radius 3 is 2.54 bits per heavy atom. The number of pyridine rings is 1. The number of carbonyl (C=O) groups excluding carboxylic acids is 2. The van der Waals surface area contributed by atoms with Crippen molar-refractivity contribution in [3.8, 4) is 6.07 Å². The summed E-state index contributed by atoms with van der Waals surface area (Å²) in [6.45, 7) is 9.18. The summed E-state index contributed by atoms with van der Waals surface area (Å²) in [6, 6.07) is 5.37. The zero-order valence-electron chi connectivity index (χ0n) is 16.6. The van der Waals surface area contributed by atoms with Gasteiger partial charge in [0.05, 0.1) is 16.3 Å². The summed E-state index contributed by atoms with van der Waals surface area (Å²) < 4.78 is 7.14. The van der Waals surface area contributed by atoms with Crippen molar-refractivity contribution >= 4 is 23.5 Å². The molecule has 0 saturated carbocycles. The number of hydrogen-bond acceptors (Lipinski definition) is 6. The smallest absolute Gasteiger partial charge is 0.316 e. The molecule has 148 valence electrons. The van der Waals surface area contributed by atoms with Crippen molar-refractivity contribution in [2.45, 2.75) is 45.7 Å². The number of aromatic amines is 1. The van der Waals surface area contributed by atoms with Crippen molar-refractivity contribution in [2.24, 2.45) is 0 Å². The van der Waals surface area contributed by atoms with E-state index < -0.39 is 5.97 Å². The van der Waals surface area contributed by atoms with Gasteiger partial charge in [-0.05, 0) is 46.2 Å². The number of nitrogens with one attached hydrogen (secondary N) is 1. The predicted molar refractivity (Wildman–Crippen MR) is 107 cm³/mol. The van der Waals surface area contributed by atoms with E-state index in [-0.39, 0.29) is 29.7 Å². The standard InChI is InChI=1S/C20H23N3O4S/c1-11(2)23-13(4)7-15(14(23)5)17(24)9-27-19(26)10-28-20-16(8-21)12(3)6-18(25)22-20/h6-7,11H,9-10H2,1-5H3,(H,22,25). The van der Waals surface area contributed by atoms with E-state index in [2.05, 4.69) is 9.55 Å². The zero-order chi connectivity index (χ0) is 21.0. The molecule has 0 aliphatic rings. The van der Waals surface area contributed by atoms with Gasteiger partial charge in [-0.25, -0.2) is 0 Å². The van der Waals surface area contributed by atoms with Crippen LogP contribution in [-0.4, -0.2) is 33.7 Å². The van der Waals surface area contributed by atoms with Gasteiger partial charge in [0.15, 0.2) is 6.61 Å². The number of nitrogens with zero attached hydrogens (tertiary/aromatic N) is 2. The first kappa shape index (κ1) is 21.5. The highest BCUT2D eigenvalue weighted by molar-refractivity contribution is 7.99. The van der Waals surface area contributed by atoms with E-state index in [9.17, 15) is 19.6 Å². The van der Waals surface area contributed by atoms with E-state index in [0.717, 1.165) is 23.1 Å². The number of carbonyl (C=O) groups is 2. The van der Waals surface area contributed by atoms with Gasteiger partial charge < -0.3 is 14.3 Å². The number of thioether (sulfide) groups is 1. The lowest BCUT2D eigenvalue weighted by molar-refractivity contribution is -0.139. The minimum absolute atomic E-state index is 0.119. The largest absolute Gasteiger partial charge is 0.457 e. The Hall–Kier alpha value is -2.79. The fourth-order valence-corrected chi connectivity index (χ4v) is 4.03. The molecular weight excluding hydrogens is 378 g/mol. The van der Waals surface area contributed by atoms with Crippen LogP contribution < -0.4 is 5.56 Å². The summed E-state index contributed by atoms with van der Waals surface area (Å²) in [5, 5.41) is 9.51. The average Bonchev–Trinajstić information content (AvgIpc) is 2.91. The molecule has 8 heteroatoms. The first-order valence-corrected chi connectivity index (χ1v) is 9.78. The van der Waals surface area contributed by atoms with Gasteiger partial charge in [-0.3, -0.25) is 14.4 Å². The Morgan fingerprint density at radius 2 is 1.96 bits per heavy atom. The van der Waals surface area contributed by atoms with Crippen LogP contribution in [0.5, 0.6) is 0 Å². The molecule has 7 nitrogen and oxygen atoms in total. The maximum atomic E-state index is 12.4. The molecule has 0 atom stereocenters. The highest BCUT2D eigenvalue weighted by atomic mass is 32.2. The molecule has 2 aromatic rings. The number of H-pyrrole nitrogens is 1. The molecule has 0 fully saturated rings. The topological polar surface area (TPSA) is 105 Å². The second kappa shape index (κ2) is 8.93. The van der Waals surface area contributed by atoms with Gasteiger partial charge in [0, 0.05) is 29.1 Å². The molecule has 0 bridgehead atoms. The van der Waals surface area contributed by atoms with Crippen molar-refractivity contribution in [3.63, 3.8) is 0 Å². The maximum Gasteiger partial charge on any atom is 0.316 e. The Morgan fingerprint density at radius 1 is 1.29 bits per heavy atom. The summed E-state index contributed by atoms with van der Waals surface area (Å²) >= 11 is 1.00. The number of rotatable bonds is 7. The second-order valence-corrected chi connectivity index (χ2v) is 7.74. The Balaban J connectivity index is 1.99. The third-order valence-corrected chi connectivity index (χ3v) is 5.29. The summed E-state index contributed by atoms with van der Waals surface area (Å²) in [7, 11) is 0. The number of esters is 1. The fraction of sp³-hybridized carbons (Fsp3) is 0.400. The second-order valence-electron chi connectivity index (χ2n) is 6.75. The minimum atomic E-state index is -0.595. The molecule has 2 rings (SSSR count). The number of ether oxygens (including phenoxy) is 1. The Bertz CT molecular complexity index is 1010. The van der Waals surface area contributed by atoms with Crippen LogP contribution in [0, 0.1) is 32.1 Å². The van der Waals surface area contributed by atoms with E-state index in [4.69, 9.17) is 4.74 Å². The summed E-state index contributed by atoms with van der Waals surface area (Å²) in [5.74, 6) is -0.978. The maximum absolute atomic E-state index is 12.4. The zero-order valence-corrected chi connectivity index (χ0v) is 17.4. The lowest BCUT2D eigenvalue weighted by Gasteiger charge is -2.13. The third kappa shape index (κ3) is 4.73. The molecule has 0 amide bonds. The minimum Gasteiger partial charge on any atom is -0.457 e. The molecule has 1 N–H and O–H groups in total. The van der Waals surface area contributed by atoms with Gasteiger partial charge in [-0.15, -0.1) is 0 Å². The molecule has 0 radical (unpaired) electrons. The molecule has 0 aromatic carbocycles. The molecule has 2 aromatic heterocycles. The van der Waals surface area contributed by atoms with E-state index in [1.54, 1.807) is 13.0 Å². The van der Waals surface area contributed by atoms with Gasteiger partial charge in [0.1, 0.15) is 6.07 Å². The lowest BCUT2D eigenvalue weighted by Crippen LogP contribution is -2.17. The molecule has 0 aliphatic heterocycles. The van der Waals surface area contributed by atoms with E-state index in [1.807, 2.05) is 33.8 Å². The van der Waals surface area contributed by atoms with Crippen LogP contribution in [0.3, 0.4) is 0 Å². The Labute approximate surface area is 167 Å². The molecule has 28 heavy (non-hydrogen) atoms. The van der Waals surface area contributed by atoms with Crippen molar-refractivity contribution in [3.05, 3.63) is 50.6 Å². The van der Waals surface area contributed by atoms with Crippen molar-refractivity contribution in [1.82, 2.24) is 9.55 Å². The molecule has 2 heterocycles. The molecule has 0 spiro atoms. The molecule has 0 saturated heterocycles. The van der Waals surface area contributed by atoms with Gasteiger partial charge in [0.2, 0.25) is 11.3 Å². The van der Waals surface area contributed by atoms with Crippen LogP contribution in [0.15, 0.2) is 22.0 Å². The monoisotopic (exact) mass is 401 g/mol.